The van der Waals surface area contributed by atoms with Gasteiger partial charge in [0.2, 0.25) is 5.91 Å². The first-order valence-corrected chi connectivity index (χ1v) is 8.73. The lowest BCUT2D eigenvalue weighted by molar-refractivity contribution is -0.116. The van der Waals surface area contributed by atoms with E-state index in [0.717, 1.165) is 11.3 Å². The number of hydrogen-bond acceptors (Lipinski definition) is 7. The van der Waals surface area contributed by atoms with Crippen molar-refractivity contribution in [2.75, 3.05) is 5.32 Å². The molecule has 0 aliphatic carbocycles. The fourth-order valence-corrected chi connectivity index (χ4v) is 3.24. The predicted octanol–water partition coefficient (Wildman–Crippen LogP) is 2.56. The van der Waals surface area contributed by atoms with E-state index in [2.05, 4.69) is 10.3 Å². The summed E-state index contributed by atoms with van der Waals surface area (Å²) in [5.74, 6) is -1.54. The highest BCUT2D eigenvalue weighted by molar-refractivity contribution is 7.17. The van der Waals surface area contributed by atoms with Crippen LogP contribution in [-0.4, -0.2) is 27.5 Å². The van der Waals surface area contributed by atoms with E-state index < -0.39 is 17.6 Å². The Morgan fingerprint density at radius 1 is 1.35 bits per heavy atom. The second kappa shape index (κ2) is 7.12. The Morgan fingerprint density at radius 3 is 2.81 bits per heavy atom. The van der Waals surface area contributed by atoms with Crippen molar-refractivity contribution in [1.29, 1.82) is 0 Å². The van der Waals surface area contributed by atoms with Gasteiger partial charge in [-0.05, 0) is 32.9 Å². The normalized spacial score (nSPS) is 11.1. The topological polar surface area (TPSA) is 103 Å². The van der Waals surface area contributed by atoms with Crippen molar-refractivity contribution in [3.05, 3.63) is 45.4 Å². The molecule has 0 saturated carbocycles. The number of anilines is 1. The van der Waals surface area contributed by atoms with E-state index in [1.807, 2.05) is 0 Å². The number of aryl methyl sites for hydroxylation is 1. The minimum atomic E-state index is -0.613. The zero-order chi connectivity index (χ0) is 18.8. The third-order valence-corrected chi connectivity index (χ3v) is 4.50. The molecule has 0 saturated heterocycles. The Kier molecular flexibility index (Phi) is 4.90. The number of nitrogens with zero attached hydrogens (tertiary/aromatic N) is 2. The van der Waals surface area contributed by atoms with Gasteiger partial charge in [-0.2, -0.15) is 0 Å². The van der Waals surface area contributed by atoms with E-state index in [-0.39, 0.29) is 17.8 Å². The molecule has 1 amide bonds. The monoisotopic (exact) mass is 375 g/mol. The fraction of sp³-hybridized carbons (Fsp3) is 0.294. The maximum Gasteiger partial charge on any atom is 0.420 e. The number of ether oxygens (including phenoxy) is 1. The summed E-state index contributed by atoms with van der Waals surface area (Å²) in [4.78, 5) is 40.7. The number of carbonyl (C=O) groups is 2. The van der Waals surface area contributed by atoms with Crippen LogP contribution in [0, 0.1) is 6.92 Å². The van der Waals surface area contributed by atoms with Gasteiger partial charge in [-0.25, -0.2) is 14.6 Å². The SMILES string of the molecule is Cc1nc(NC(=O)Cn2c(=O)oc3ccccc32)sc1C(=O)OC(C)C. The number of benzene rings is 1. The number of esters is 1. The molecule has 8 nitrogen and oxygen atoms in total. The Balaban J connectivity index is 1.75. The third kappa shape index (κ3) is 3.67. The molecule has 9 heteroatoms. The number of oxazole rings is 1. The zero-order valence-electron chi connectivity index (χ0n) is 14.4. The van der Waals surface area contributed by atoms with Crippen LogP contribution in [-0.2, 0) is 16.1 Å². The molecule has 1 N–H and O–H groups in total. The number of fused-ring (bicyclic) bond motifs is 1. The van der Waals surface area contributed by atoms with E-state index in [1.54, 1.807) is 45.0 Å². The van der Waals surface area contributed by atoms with Crippen LogP contribution >= 0.6 is 11.3 Å². The van der Waals surface area contributed by atoms with E-state index >= 15 is 0 Å². The van der Waals surface area contributed by atoms with Gasteiger partial charge in [0, 0.05) is 0 Å². The molecule has 0 unspecified atom stereocenters. The first-order valence-electron chi connectivity index (χ1n) is 7.91. The molecule has 3 aromatic rings. The van der Waals surface area contributed by atoms with Gasteiger partial charge >= 0.3 is 11.7 Å². The molecule has 0 atom stereocenters. The average Bonchev–Trinajstić information content (AvgIpc) is 3.07. The number of amides is 1. The van der Waals surface area contributed by atoms with Crippen LogP contribution in [0.25, 0.3) is 11.1 Å². The number of nitrogens with one attached hydrogen (secondary N) is 1. The highest BCUT2D eigenvalue weighted by atomic mass is 32.1. The minimum absolute atomic E-state index is 0.222. The van der Waals surface area contributed by atoms with Gasteiger partial charge in [0.25, 0.3) is 0 Å². The van der Waals surface area contributed by atoms with Gasteiger partial charge in [-0.3, -0.25) is 9.36 Å². The highest BCUT2D eigenvalue weighted by Gasteiger charge is 2.19. The van der Waals surface area contributed by atoms with Crippen molar-refractivity contribution in [2.45, 2.75) is 33.4 Å². The minimum Gasteiger partial charge on any atom is -0.459 e. The molecule has 0 aliphatic heterocycles. The van der Waals surface area contributed by atoms with E-state index in [9.17, 15) is 14.4 Å². The lowest BCUT2D eigenvalue weighted by Crippen LogP contribution is -2.24. The number of rotatable bonds is 5. The molecular formula is C17H17N3O5S. The summed E-state index contributed by atoms with van der Waals surface area (Å²) in [5.41, 5.74) is 1.42. The summed E-state index contributed by atoms with van der Waals surface area (Å²) < 4.78 is 11.5. The van der Waals surface area contributed by atoms with Crippen molar-refractivity contribution in [2.24, 2.45) is 0 Å². The van der Waals surface area contributed by atoms with Crippen molar-refractivity contribution in [3.8, 4) is 0 Å². The van der Waals surface area contributed by atoms with Gasteiger partial charge in [-0.15, -0.1) is 0 Å². The maximum atomic E-state index is 12.3. The van der Waals surface area contributed by atoms with Crippen molar-refractivity contribution in [3.63, 3.8) is 0 Å². The maximum absolute atomic E-state index is 12.3. The van der Waals surface area contributed by atoms with Crippen LogP contribution in [0.4, 0.5) is 5.13 Å². The smallest absolute Gasteiger partial charge is 0.420 e. The van der Waals surface area contributed by atoms with E-state index in [4.69, 9.17) is 9.15 Å². The van der Waals surface area contributed by atoms with Crippen LogP contribution in [0.15, 0.2) is 33.5 Å². The van der Waals surface area contributed by atoms with Gasteiger partial charge in [0.1, 0.15) is 11.4 Å². The molecule has 0 fully saturated rings. The number of aromatic nitrogens is 2. The standard InChI is InChI=1S/C17H17N3O5S/c1-9(2)24-15(22)14-10(3)18-16(26-14)19-13(21)8-20-11-6-4-5-7-12(11)25-17(20)23/h4-7,9H,8H2,1-3H3,(H,18,19,21). The number of carbonyl (C=O) groups excluding carboxylic acids is 2. The van der Waals surface area contributed by atoms with Crippen molar-refractivity contribution < 1.29 is 18.7 Å². The average molecular weight is 375 g/mol. The molecule has 3 rings (SSSR count). The number of thiazole rings is 1. The van der Waals surface area contributed by atoms with E-state index in [0.29, 0.717) is 21.7 Å². The van der Waals surface area contributed by atoms with Crippen LogP contribution in [0.1, 0.15) is 29.2 Å². The van der Waals surface area contributed by atoms with Gasteiger partial charge in [-0.1, -0.05) is 23.5 Å². The molecule has 0 aliphatic rings. The van der Waals surface area contributed by atoms with Gasteiger partial charge in [0.05, 0.1) is 17.3 Å². The van der Waals surface area contributed by atoms with Crippen LogP contribution in [0.2, 0.25) is 0 Å². The fourth-order valence-electron chi connectivity index (χ4n) is 2.37. The highest BCUT2D eigenvalue weighted by Crippen LogP contribution is 2.24. The molecule has 1 aromatic carbocycles. The molecular weight excluding hydrogens is 358 g/mol. The lowest BCUT2D eigenvalue weighted by atomic mass is 10.3. The first-order chi connectivity index (χ1) is 12.3. The molecule has 0 bridgehead atoms. The van der Waals surface area contributed by atoms with Crippen LogP contribution < -0.4 is 11.1 Å². The molecule has 2 heterocycles. The largest absolute Gasteiger partial charge is 0.459 e. The second-order valence-corrected chi connectivity index (χ2v) is 6.86. The summed E-state index contributed by atoms with van der Waals surface area (Å²) in [7, 11) is 0. The molecule has 136 valence electrons. The Hall–Kier alpha value is -2.94. The second-order valence-electron chi connectivity index (χ2n) is 5.86. The van der Waals surface area contributed by atoms with Crippen LogP contribution in [0.5, 0.6) is 0 Å². The summed E-state index contributed by atoms with van der Waals surface area (Å²) in [6.07, 6.45) is -0.247. The quantitative estimate of drug-likeness (QED) is 0.688. The molecule has 26 heavy (non-hydrogen) atoms. The third-order valence-electron chi connectivity index (χ3n) is 3.45. The van der Waals surface area contributed by atoms with Crippen molar-refractivity contribution in [1.82, 2.24) is 9.55 Å². The zero-order valence-corrected chi connectivity index (χ0v) is 15.3. The van der Waals surface area contributed by atoms with Gasteiger partial charge < -0.3 is 14.5 Å². The van der Waals surface area contributed by atoms with Crippen LogP contribution in [0.3, 0.4) is 0 Å². The molecule has 0 spiro atoms. The van der Waals surface area contributed by atoms with E-state index in [1.165, 1.54) is 4.57 Å². The Morgan fingerprint density at radius 2 is 2.08 bits per heavy atom. The van der Waals surface area contributed by atoms with Crippen molar-refractivity contribution >= 4 is 39.4 Å². The summed E-state index contributed by atoms with van der Waals surface area (Å²) >= 11 is 1.03. The summed E-state index contributed by atoms with van der Waals surface area (Å²) in [6.45, 7) is 4.95. The summed E-state index contributed by atoms with van der Waals surface area (Å²) in [5, 5.41) is 2.87. The summed E-state index contributed by atoms with van der Waals surface area (Å²) in [6, 6.07) is 6.84. The predicted molar refractivity (Wildman–Crippen MR) is 96.5 cm³/mol. The Bertz CT molecular complexity index is 1030. The van der Waals surface area contributed by atoms with Gasteiger partial charge in [0.15, 0.2) is 10.7 Å². The number of hydrogen-bond donors (Lipinski definition) is 1. The molecule has 0 radical (unpaired) electrons. The Labute approximate surface area is 152 Å². The lowest BCUT2D eigenvalue weighted by Gasteiger charge is -2.05. The first kappa shape index (κ1) is 17.9. The molecule has 2 aromatic heterocycles. The number of para-hydroxylation sites is 2.